The Hall–Kier alpha value is -3.60. The van der Waals surface area contributed by atoms with E-state index >= 15 is 0 Å². The fraction of sp³-hybridized carbons (Fsp3) is 0.231. The third kappa shape index (κ3) is 4.94. The third-order valence-corrected chi connectivity index (χ3v) is 5.60. The van der Waals surface area contributed by atoms with Crippen molar-refractivity contribution in [2.45, 2.75) is 19.3 Å². The monoisotopic (exact) mass is 413 g/mol. The molecule has 0 radical (unpaired) electrons. The Morgan fingerprint density at radius 2 is 1.61 bits per heavy atom. The van der Waals surface area contributed by atoms with Crippen molar-refractivity contribution in [1.82, 2.24) is 0 Å². The summed E-state index contributed by atoms with van der Waals surface area (Å²) in [5, 5.41) is 2.91. The van der Waals surface area contributed by atoms with Gasteiger partial charge in [0.25, 0.3) is 5.91 Å². The smallest absolute Gasteiger partial charge is 0.258 e. The Morgan fingerprint density at radius 1 is 0.903 bits per heavy atom. The molecule has 4 rings (SSSR count). The molecule has 0 fully saturated rings. The molecule has 0 unspecified atom stereocenters. The highest BCUT2D eigenvalue weighted by molar-refractivity contribution is 6.07. The summed E-state index contributed by atoms with van der Waals surface area (Å²) in [6, 6.07) is 25.1. The van der Waals surface area contributed by atoms with E-state index in [9.17, 15) is 9.59 Å². The van der Waals surface area contributed by atoms with Gasteiger partial charge in [0.15, 0.2) is 0 Å². The van der Waals surface area contributed by atoms with Gasteiger partial charge < -0.3 is 15.1 Å². The van der Waals surface area contributed by atoms with Gasteiger partial charge in [0, 0.05) is 36.2 Å². The number of anilines is 3. The number of rotatable bonds is 5. The summed E-state index contributed by atoms with van der Waals surface area (Å²) in [4.78, 5) is 29.4. The van der Waals surface area contributed by atoms with Gasteiger partial charge in [0.2, 0.25) is 5.91 Å². The fourth-order valence-corrected chi connectivity index (χ4v) is 3.94. The van der Waals surface area contributed by atoms with E-state index in [2.05, 4.69) is 11.4 Å². The van der Waals surface area contributed by atoms with Crippen LogP contribution in [-0.2, 0) is 11.2 Å². The average Bonchev–Trinajstić information content (AvgIpc) is 3.02. The molecule has 0 saturated heterocycles. The van der Waals surface area contributed by atoms with Crippen molar-refractivity contribution in [3.8, 4) is 0 Å². The molecule has 0 bridgehead atoms. The number of carbonyl (C=O) groups is 2. The molecule has 1 aliphatic rings. The van der Waals surface area contributed by atoms with E-state index in [0.717, 1.165) is 37.2 Å². The van der Waals surface area contributed by atoms with Crippen molar-refractivity contribution in [3.05, 3.63) is 90.0 Å². The van der Waals surface area contributed by atoms with Crippen LogP contribution in [0.5, 0.6) is 0 Å². The number of likely N-dealkylation sites (N-methyl/N-ethyl adjacent to an activating group) is 1. The van der Waals surface area contributed by atoms with E-state index in [0.29, 0.717) is 11.3 Å². The van der Waals surface area contributed by atoms with E-state index in [-0.39, 0.29) is 18.4 Å². The van der Waals surface area contributed by atoms with Gasteiger partial charge in [0.05, 0.1) is 6.54 Å². The Bertz CT molecular complexity index is 1050. The molecule has 0 aliphatic carbocycles. The first-order chi connectivity index (χ1) is 15.1. The SMILES string of the molecule is CN(CC(=O)Nc1ccc(C(=O)N2CCCCc3ccccc32)cc1)c1ccccc1. The second-order valence-corrected chi connectivity index (χ2v) is 7.86. The molecule has 5 nitrogen and oxygen atoms in total. The molecule has 3 aromatic carbocycles. The second kappa shape index (κ2) is 9.47. The first-order valence-electron chi connectivity index (χ1n) is 10.7. The summed E-state index contributed by atoms with van der Waals surface area (Å²) in [6.07, 6.45) is 3.08. The minimum Gasteiger partial charge on any atom is -0.365 e. The van der Waals surface area contributed by atoms with Crippen molar-refractivity contribution in [2.75, 3.05) is 35.3 Å². The molecule has 0 saturated carbocycles. The summed E-state index contributed by atoms with van der Waals surface area (Å²) in [5.41, 5.74) is 4.51. The van der Waals surface area contributed by atoms with Crippen LogP contribution in [0.2, 0.25) is 0 Å². The molecule has 1 aliphatic heterocycles. The zero-order chi connectivity index (χ0) is 21.6. The third-order valence-electron chi connectivity index (χ3n) is 5.60. The number of amides is 2. The minimum absolute atomic E-state index is 0.00367. The van der Waals surface area contributed by atoms with Crippen LogP contribution in [-0.4, -0.2) is 32.0 Å². The number of carbonyl (C=O) groups excluding carboxylic acids is 2. The lowest BCUT2D eigenvalue weighted by molar-refractivity contribution is -0.114. The lowest BCUT2D eigenvalue weighted by Crippen LogP contribution is -2.32. The zero-order valence-corrected chi connectivity index (χ0v) is 17.8. The fourth-order valence-electron chi connectivity index (χ4n) is 3.94. The maximum atomic E-state index is 13.2. The lowest BCUT2D eigenvalue weighted by Gasteiger charge is -2.23. The van der Waals surface area contributed by atoms with Crippen molar-refractivity contribution in [2.24, 2.45) is 0 Å². The molecule has 0 spiro atoms. The van der Waals surface area contributed by atoms with E-state index in [1.807, 2.05) is 65.4 Å². The van der Waals surface area contributed by atoms with Crippen LogP contribution in [0.15, 0.2) is 78.9 Å². The van der Waals surface area contributed by atoms with Crippen LogP contribution in [0, 0.1) is 0 Å². The molecule has 1 N–H and O–H groups in total. The maximum absolute atomic E-state index is 13.2. The number of hydrogen-bond donors (Lipinski definition) is 1. The van der Waals surface area contributed by atoms with E-state index in [1.165, 1.54) is 5.56 Å². The molecule has 158 valence electrons. The van der Waals surface area contributed by atoms with Crippen LogP contribution in [0.3, 0.4) is 0 Å². The van der Waals surface area contributed by atoms with E-state index < -0.39 is 0 Å². The maximum Gasteiger partial charge on any atom is 0.258 e. The lowest BCUT2D eigenvalue weighted by atomic mass is 10.1. The number of nitrogens with one attached hydrogen (secondary N) is 1. The number of aryl methyl sites for hydroxylation is 1. The highest BCUT2D eigenvalue weighted by Crippen LogP contribution is 2.27. The van der Waals surface area contributed by atoms with Crippen LogP contribution in [0.4, 0.5) is 17.1 Å². The first-order valence-corrected chi connectivity index (χ1v) is 10.7. The summed E-state index contributed by atoms with van der Waals surface area (Å²) in [6.45, 7) is 0.968. The van der Waals surface area contributed by atoms with Crippen molar-refractivity contribution in [3.63, 3.8) is 0 Å². The van der Waals surface area contributed by atoms with E-state index in [1.54, 1.807) is 24.3 Å². The number of benzene rings is 3. The minimum atomic E-state index is -0.105. The summed E-state index contributed by atoms with van der Waals surface area (Å²) in [7, 11) is 1.88. The van der Waals surface area contributed by atoms with Crippen LogP contribution >= 0.6 is 0 Å². The highest BCUT2D eigenvalue weighted by Gasteiger charge is 2.22. The van der Waals surface area contributed by atoms with Gasteiger partial charge >= 0.3 is 0 Å². The standard InChI is InChI=1S/C26H27N3O2/c1-28(23-11-3-2-4-12-23)19-25(30)27-22-16-14-21(15-17-22)26(31)29-18-8-7-10-20-9-5-6-13-24(20)29/h2-6,9,11-17H,7-8,10,18-19H2,1H3,(H,27,30). The normalized spacial score (nSPS) is 13.1. The molecular weight excluding hydrogens is 386 g/mol. The average molecular weight is 414 g/mol. The van der Waals surface area contributed by atoms with Crippen LogP contribution < -0.4 is 15.1 Å². The number of nitrogens with zero attached hydrogens (tertiary/aromatic N) is 2. The van der Waals surface area contributed by atoms with Gasteiger partial charge in [-0.2, -0.15) is 0 Å². The second-order valence-electron chi connectivity index (χ2n) is 7.86. The molecule has 0 atom stereocenters. The Kier molecular flexibility index (Phi) is 6.32. The number of hydrogen-bond acceptors (Lipinski definition) is 3. The Labute approximate surface area is 183 Å². The Balaban J connectivity index is 1.41. The Morgan fingerprint density at radius 3 is 2.39 bits per heavy atom. The molecule has 3 aromatic rings. The van der Waals surface area contributed by atoms with Crippen molar-refractivity contribution < 1.29 is 9.59 Å². The largest absolute Gasteiger partial charge is 0.365 e. The van der Waals surface area contributed by atoms with Crippen molar-refractivity contribution in [1.29, 1.82) is 0 Å². The summed E-state index contributed by atoms with van der Waals surface area (Å²) >= 11 is 0. The zero-order valence-electron chi connectivity index (χ0n) is 17.8. The molecule has 1 heterocycles. The molecule has 0 aromatic heterocycles. The van der Waals surface area contributed by atoms with Crippen molar-refractivity contribution >= 4 is 28.9 Å². The van der Waals surface area contributed by atoms with Gasteiger partial charge in [-0.05, 0) is 67.3 Å². The summed E-state index contributed by atoms with van der Waals surface area (Å²) in [5.74, 6) is -0.108. The predicted molar refractivity (Wildman–Crippen MR) is 126 cm³/mol. The molecular formula is C26H27N3O2. The first kappa shape index (κ1) is 20.7. The molecule has 31 heavy (non-hydrogen) atoms. The number of fused-ring (bicyclic) bond motifs is 1. The topological polar surface area (TPSA) is 52.7 Å². The molecule has 2 amide bonds. The van der Waals surface area contributed by atoms with Gasteiger partial charge in [0.1, 0.15) is 0 Å². The predicted octanol–water partition coefficient (Wildman–Crippen LogP) is 4.74. The van der Waals surface area contributed by atoms with Gasteiger partial charge in [-0.1, -0.05) is 36.4 Å². The van der Waals surface area contributed by atoms with Crippen LogP contribution in [0.25, 0.3) is 0 Å². The molecule has 5 heteroatoms. The van der Waals surface area contributed by atoms with Gasteiger partial charge in [-0.15, -0.1) is 0 Å². The number of para-hydroxylation sites is 2. The van der Waals surface area contributed by atoms with Crippen LogP contribution in [0.1, 0.15) is 28.8 Å². The quantitative estimate of drug-likeness (QED) is 0.657. The van der Waals surface area contributed by atoms with Gasteiger partial charge in [-0.3, -0.25) is 9.59 Å². The highest BCUT2D eigenvalue weighted by atomic mass is 16.2. The van der Waals surface area contributed by atoms with E-state index in [4.69, 9.17) is 0 Å². The summed E-state index contributed by atoms with van der Waals surface area (Å²) < 4.78 is 0. The van der Waals surface area contributed by atoms with Gasteiger partial charge in [-0.25, -0.2) is 0 Å².